The standard InChI is InChI=1S/C46H56B2F6N4O5/c1-31(59)32-14-17-39-40(26-32)42(30-58(23-11-5-3-9-21-56)28-34-25-36(46(52,53)54)16-19-44(34)48(62)63)38-13-7-6-12-37(38)41(39)29-57(22-10-4-2-8-20-55)27-33-24-35(45(49,50)51)15-18-43(33)47(60)61/h6-7,12-19,24-26,60-63H,2-5,8-11,20-23,27-30,55-56H2,1H3. The zero-order valence-electron chi connectivity index (χ0n) is 35.5. The van der Waals surface area contributed by atoms with Gasteiger partial charge in [0.2, 0.25) is 0 Å². The van der Waals surface area contributed by atoms with Gasteiger partial charge in [0.15, 0.2) is 5.78 Å². The molecule has 5 aromatic carbocycles. The van der Waals surface area contributed by atoms with Gasteiger partial charge >= 0.3 is 26.6 Å². The zero-order chi connectivity index (χ0) is 45.9. The summed E-state index contributed by atoms with van der Waals surface area (Å²) in [5.41, 5.74) is 11.7. The molecule has 0 atom stereocenters. The molecule has 17 heteroatoms. The third-order valence-corrected chi connectivity index (χ3v) is 11.6. The quantitative estimate of drug-likeness (QED) is 0.0139. The molecule has 63 heavy (non-hydrogen) atoms. The van der Waals surface area contributed by atoms with Crippen LogP contribution in [0.2, 0.25) is 0 Å². The Morgan fingerprint density at radius 1 is 0.540 bits per heavy atom. The maximum absolute atomic E-state index is 14.0. The Bertz CT molecular complexity index is 2310. The lowest BCUT2D eigenvalue weighted by Gasteiger charge is -2.29. The average molecular weight is 881 g/mol. The van der Waals surface area contributed by atoms with Crippen LogP contribution in [0, 0.1) is 0 Å². The second-order valence-electron chi connectivity index (χ2n) is 16.2. The van der Waals surface area contributed by atoms with Crippen LogP contribution in [-0.4, -0.2) is 76.1 Å². The van der Waals surface area contributed by atoms with Crippen molar-refractivity contribution in [3.05, 3.63) is 118 Å². The lowest BCUT2D eigenvalue weighted by Crippen LogP contribution is -2.36. The molecule has 0 heterocycles. The average Bonchev–Trinajstić information content (AvgIpc) is 3.23. The lowest BCUT2D eigenvalue weighted by atomic mass is 9.76. The van der Waals surface area contributed by atoms with E-state index in [-0.39, 0.29) is 54.0 Å². The SMILES string of the molecule is CC(=O)c1ccc2c(CN(CCCCCCN)Cc3cc(C(F)(F)F)ccc3B(O)O)c3ccccc3c(CN(CCCCCCN)Cc3cc(C(F)(F)F)ccc3B(O)O)c2c1. The van der Waals surface area contributed by atoms with Gasteiger partial charge in [0.25, 0.3) is 0 Å². The topological polar surface area (TPSA) is 157 Å². The highest BCUT2D eigenvalue weighted by molar-refractivity contribution is 6.59. The number of ketones is 1. The first-order valence-electron chi connectivity index (χ1n) is 21.4. The number of carbonyl (C=O) groups is 1. The first kappa shape index (κ1) is 49.7. The number of Topliss-reactive ketones (excluding diaryl/α,β-unsaturated/α-hetero) is 1. The van der Waals surface area contributed by atoms with Crippen LogP contribution in [0.15, 0.2) is 78.9 Å². The molecule has 0 aliphatic heterocycles. The summed E-state index contributed by atoms with van der Waals surface area (Å²) in [5, 5.41) is 44.0. The molecule has 0 bridgehead atoms. The number of unbranched alkanes of at least 4 members (excludes halogenated alkanes) is 6. The molecule has 0 aliphatic rings. The van der Waals surface area contributed by atoms with Gasteiger partial charge in [-0.25, -0.2) is 0 Å². The maximum Gasteiger partial charge on any atom is 0.488 e. The Labute approximate surface area is 365 Å². The summed E-state index contributed by atoms with van der Waals surface area (Å²) < 4.78 is 83.9. The molecule has 0 unspecified atom stereocenters. The van der Waals surface area contributed by atoms with Gasteiger partial charge in [-0.3, -0.25) is 14.6 Å². The number of hydrogen-bond acceptors (Lipinski definition) is 9. The van der Waals surface area contributed by atoms with Crippen LogP contribution in [0.4, 0.5) is 26.3 Å². The molecule has 0 radical (unpaired) electrons. The third kappa shape index (κ3) is 13.4. The van der Waals surface area contributed by atoms with E-state index in [4.69, 9.17) is 11.5 Å². The monoisotopic (exact) mass is 880 g/mol. The third-order valence-electron chi connectivity index (χ3n) is 11.6. The van der Waals surface area contributed by atoms with E-state index in [0.717, 1.165) is 102 Å². The summed E-state index contributed by atoms with van der Waals surface area (Å²) in [6, 6.07) is 18.6. The van der Waals surface area contributed by atoms with Crippen LogP contribution < -0.4 is 22.4 Å². The van der Waals surface area contributed by atoms with E-state index in [1.54, 1.807) is 12.1 Å². The molecular formula is C46H56B2F6N4O5. The number of hydrogen-bond donors (Lipinski definition) is 6. The van der Waals surface area contributed by atoms with Crippen molar-refractivity contribution in [1.29, 1.82) is 0 Å². The highest BCUT2D eigenvalue weighted by Crippen LogP contribution is 2.37. The number of nitrogens with two attached hydrogens (primary N) is 2. The highest BCUT2D eigenvalue weighted by Gasteiger charge is 2.34. The van der Waals surface area contributed by atoms with Crippen LogP contribution in [-0.2, 0) is 38.5 Å². The first-order valence-corrected chi connectivity index (χ1v) is 21.4. The van der Waals surface area contributed by atoms with E-state index >= 15 is 0 Å². The lowest BCUT2D eigenvalue weighted by molar-refractivity contribution is -0.138. The van der Waals surface area contributed by atoms with Crippen molar-refractivity contribution < 1.29 is 51.2 Å². The van der Waals surface area contributed by atoms with E-state index in [1.165, 1.54) is 6.92 Å². The molecule has 0 spiro atoms. The van der Waals surface area contributed by atoms with E-state index in [1.807, 2.05) is 40.1 Å². The molecule has 0 aromatic heterocycles. The Hall–Kier alpha value is -4.32. The zero-order valence-corrected chi connectivity index (χ0v) is 35.5. The van der Waals surface area contributed by atoms with Crippen LogP contribution in [0.1, 0.15) is 102 Å². The predicted molar refractivity (Wildman–Crippen MR) is 237 cm³/mol. The molecule has 5 rings (SSSR count). The fourth-order valence-electron chi connectivity index (χ4n) is 8.28. The molecule has 0 saturated carbocycles. The van der Waals surface area contributed by atoms with Crippen LogP contribution in [0.3, 0.4) is 0 Å². The molecule has 0 fully saturated rings. The number of rotatable bonds is 23. The summed E-state index contributed by atoms with van der Waals surface area (Å²) >= 11 is 0. The van der Waals surface area contributed by atoms with Crippen LogP contribution in [0.5, 0.6) is 0 Å². The number of halogens is 6. The highest BCUT2D eigenvalue weighted by atomic mass is 19.4. The van der Waals surface area contributed by atoms with Crippen molar-refractivity contribution in [3.8, 4) is 0 Å². The van der Waals surface area contributed by atoms with Gasteiger partial charge < -0.3 is 31.6 Å². The van der Waals surface area contributed by atoms with Crippen molar-refractivity contribution in [3.63, 3.8) is 0 Å². The van der Waals surface area contributed by atoms with Gasteiger partial charge in [0, 0.05) is 31.7 Å². The summed E-state index contributed by atoms with van der Waals surface area (Å²) in [7, 11) is -4.04. The second kappa shape index (κ2) is 22.5. The minimum absolute atomic E-state index is 0.0481. The predicted octanol–water partition coefficient (Wildman–Crippen LogP) is 6.64. The maximum atomic E-state index is 14.0. The molecule has 8 N–H and O–H groups in total. The van der Waals surface area contributed by atoms with Gasteiger partial charge in [-0.1, -0.05) is 86.3 Å². The van der Waals surface area contributed by atoms with E-state index in [2.05, 4.69) is 0 Å². The van der Waals surface area contributed by atoms with Gasteiger partial charge in [-0.2, -0.15) is 26.3 Å². The largest absolute Gasteiger partial charge is 0.488 e. The number of carbonyl (C=O) groups excluding carboxylic acids is 1. The summed E-state index contributed by atoms with van der Waals surface area (Å²) in [5.74, 6) is -0.196. The number of fused-ring (bicyclic) bond motifs is 2. The number of benzene rings is 5. The van der Waals surface area contributed by atoms with Crippen molar-refractivity contribution in [2.24, 2.45) is 11.5 Å². The fraction of sp³-hybridized carbons (Fsp3) is 0.413. The van der Waals surface area contributed by atoms with Crippen molar-refractivity contribution in [1.82, 2.24) is 9.80 Å². The van der Waals surface area contributed by atoms with Gasteiger partial charge in [0.05, 0.1) is 11.1 Å². The molecule has 0 aliphatic carbocycles. The van der Waals surface area contributed by atoms with E-state index < -0.39 is 37.7 Å². The normalized spacial score (nSPS) is 12.3. The summed E-state index contributed by atoms with van der Waals surface area (Å²) in [6.45, 7) is 3.66. The summed E-state index contributed by atoms with van der Waals surface area (Å²) in [4.78, 5) is 16.9. The van der Waals surface area contributed by atoms with Gasteiger partial charge in [-0.05, 0) is 132 Å². The molecule has 0 saturated heterocycles. The number of nitrogens with zero attached hydrogens (tertiary/aromatic N) is 2. The Morgan fingerprint density at radius 3 is 1.35 bits per heavy atom. The summed E-state index contributed by atoms with van der Waals surface area (Å²) in [6.07, 6.45) is -3.08. The Kier molecular flexibility index (Phi) is 17.8. The van der Waals surface area contributed by atoms with Gasteiger partial charge in [0.1, 0.15) is 0 Å². The van der Waals surface area contributed by atoms with E-state index in [0.29, 0.717) is 50.0 Å². The fourth-order valence-corrected chi connectivity index (χ4v) is 8.28. The smallest absolute Gasteiger partial charge is 0.423 e. The molecule has 338 valence electrons. The van der Waals surface area contributed by atoms with Crippen molar-refractivity contribution in [2.75, 3.05) is 26.2 Å². The second-order valence-corrected chi connectivity index (χ2v) is 16.2. The van der Waals surface area contributed by atoms with Crippen molar-refractivity contribution >= 4 is 52.5 Å². The minimum Gasteiger partial charge on any atom is -0.423 e. The number of alkyl halides is 6. The molecule has 9 nitrogen and oxygen atoms in total. The van der Waals surface area contributed by atoms with Gasteiger partial charge in [-0.15, -0.1) is 0 Å². The first-order chi connectivity index (χ1) is 29.9. The van der Waals surface area contributed by atoms with Crippen LogP contribution >= 0.6 is 0 Å². The van der Waals surface area contributed by atoms with Crippen LogP contribution in [0.25, 0.3) is 21.5 Å². The van der Waals surface area contributed by atoms with Crippen molar-refractivity contribution in [2.45, 2.75) is 96.8 Å². The molecule has 5 aromatic rings. The molecule has 0 amide bonds. The Balaban J connectivity index is 1.67. The Morgan fingerprint density at radius 2 is 0.952 bits per heavy atom. The molecular weight excluding hydrogens is 824 g/mol. The van der Waals surface area contributed by atoms with E-state index in [9.17, 15) is 51.2 Å². The minimum atomic E-state index is -4.68.